The summed E-state index contributed by atoms with van der Waals surface area (Å²) < 4.78 is 12.7. The molecule has 0 radical (unpaired) electrons. The van der Waals surface area contributed by atoms with Gasteiger partial charge in [0.1, 0.15) is 10.3 Å². The van der Waals surface area contributed by atoms with Gasteiger partial charge in [0.05, 0.1) is 42.3 Å². The molecule has 0 spiro atoms. The van der Waals surface area contributed by atoms with E-state index in [0.29, 0.717) is 50.5 Å². The van der Waals surface area contributed by atoms with Crippen LogP contribution in [0.1, 0.15) is 50.8 Å². The number of para-hydroxylation sites is 1. The van der Waals surface area contributed by atoms with Crippen molar-refractivity contribution in [2.45, 2.75) is 39.7 Å². The van der Waals surface area contributed by atoms with Crippen LogP contribution in [0.15, 0.2) is 69.6 Å². The van der Waals surface area contributed by atoms with Gasteiger partial charge in [-0.1, -0.05) is 55.0 Å². The highest BCUT2D eigenvalue weighted by atomic mass is 32.1. The van der Waals surface area contributed by atoms with E-state index < -0.39 is 12.0 Å². The fourth-order valence-corrected chi connectivity index (χ4v) is 6.22. The molecule has 5 rings (SSSR count). The molecule has 0 bridgehead atoms. The summed E-state index contributed by atoms with van der Waals surface area (Å²) in [5.41, 5.74) is 3.12. The second kappa shape index (κ2) is 10.4. The number of carbonyl (C=O) groups is 2. The Morgan fingerprint density at radius 1 is 1.08 bits per heavy atom. The Kier molecular flexibility index (Phi) is 7.03. The summed E-state index contributed by atoms with van der Waals surface area (Å²) in [6.07, 6.45) is 1.29. The average molecular weight is 532 g/mol. The van der Waals surface area contributed by atoms with Gasteiger partial charge >= 0.3 is 5.97 Å². The van der Waals surface area contributed by atoms with E-state index in [-0.39, 0.29) is 18.1 Å². The number of aromatic nitrogens is 1. The predicted octanol–water partition coefficient (Wildman–Crippen LogP) is 3.32. The molecule has 0 aliphatic carbocycles. The standard InChI is InChI=1S/C29H29N3O5S/c1-5-11-20-23(28(35)37-7-3)24(17-12-10-13-18(16-17)36-4)32-27(34)25(38-29(32)30-20)22-19-14-8-9-15-21(19)31(6-2)26(22)33/h8-10,12-16,24H,5-7,11H2,1-4H3/b25-22+/t24-/m1/s1. The molecule has 1 amide bonds. The van der Waals surface area contributed by atoms with Crippen molar-refractivity contribution in [3.05, 3.63) is 90.6 Å². The number of carbonyl (C=O) groups excluding carboxylic acids is 2. The molecule has 2 aromatic carbocycles. The molecular weight excluding hydrogens is 502 g/mol. The second-order valence-corrected chi connectivity index (χ2v) is 9.93. The minimum Gasteiger partial charge on any atom is -0.497 e. The first-order valence-corrected chi connectivity index (χ1v) is 13.6. The number of benzene rings is 2. The Labute approximate surface area is 224 Å². The first kappa shape index (κ1) is 25.7. The summed E-state index contributed by atoms with van der Waals surface area (Å²) in [6, 6.07) is 14.0. The molecule has 0 unspecified atom stereocenters. The van der Waals surface area contributed by atoms with Crippen molar-refractivity contribution in [1.82, 2.24) is 4.57 Å². The van der Waals surface area contributed by atoms with Crippen LogP contribution in [0.5, 0.6) is 5.75 Å². The Morgan fingerprint density at radius 3 is 2.58 bits per heavy atom. The minimum absolute atomic E-state index is 0.194. The molecule has 9 heteroatoms. The molecule has 38 heavy (non-hydrogen) atoms. The van der Waals surface area contributed by atoms with E-state index >= 15 is 0 Å². The van der Waals surface area contributed by atoms with E-state index in [9.17, 15) is 14.4 Å². The van der Waals surface area contributed by atoms with Gasteiger partial charge in [-0.15, -0.1) is 0 Å². The molecule has 2 aliphatic heterocycles. The van der Waals surface area contributed by atoms with Gasteiger partial charge in [-0.25, -0.2) is 9.79 Å². The zero-order chi connectivity index (χ0) is 27.0. The largest absolute Gasteiger partial charge is 0.497 e. The Bertz CT molecular complexity index is 1650. The molecule has 1 atom stereocenters. The lowest BCUT2D eigenvalue weighted by Gasteiger charge is -2.26. The van der Waals surface area contributed by atoms with Gasteiger partial charge in [-0.3, -0.25) is 14.2 Å². The number of fused-ring (bicyclic) bond motifs is 2. The first-order chi connectivity index (χ1) is 18.4. The summed E-state index contributed by atoms with van der Waals surface area (Å²) in [4.78, 5) is 48.0. The molecular formula is C29H29N3O5S. The maximum atomic E-state index is 14.2. The number of hydrogen-bond acceptors (Lipinski definition) is 7. The van der Waals surface area contributed by atoms with E-state index in [1.54, 1.807) is 18.9 Å². The number of esters is 1. The number of nitrogens with zero attached hydrogens (tertiary/aromatic N) is 3. The van der Waals surface area contributed by atoms with Gasteiger partial charge in [0.2, 0.25) is 0 Å². The zero-order valence-corrected chi connectivity index (χ0v) is 22.6. The van der Waals surface area contributed by atoms with Crippen LogP contribution in [0.4, 0.5) is 5.69 Å². The van der Waals surface area contributed by atoms with Crippen molar-refractivity contribution in [1.29, 1.82) is 0 Å². The van der Waals surface area contributed by atoms with Crippen molar-refractivity contribution >= 4 is 34.5 Å². The van der Waals surface area contributed by atoms with Gasteiger partial charge < -0.3 is 14.4 Å². The van der Waals surface area contributed by atoms with Crippen LogP contribution in [-0.4, -0.2) is 36.7 Å². The van der Waals surface area contributed by atoms with E-state index in [1.807, 2.05) is 62.4 Å². The Balaban J connectivity index is 1.86. The maximum Gasteiger partial charge on any atom is 0.338 e. The van der Waals surface area contributed by atoms with Crippen LogP contribution >= 0.6 is 11.3 Å². The maximum absolute atomic E-state index is 14.2. The molecule has 3 aromatic rings. The van der Waals surface area contributed by atoms with Crippen molar-refractivity contribution in [2.24, 2.45) is 4.99 Å². The highest BCUT2D eigenvalue weighted by Crippen LogP contribution is 2.36. The monoisotopic (exact) mass is 531 g/mol. The van der Waals surface area contributed by atoms with Gasteiger partial charge in [-0.2, -0.15) is 0 Å². The number of methoxy groups -OCH3 is 1. The zero-order valence-electron chi connectivity index (χ0n) is 21.8. The number of ether oxygens (including phenoxy) is 2. The Morgan fingerprint density at radius 2 is 1.87 bits per heavy atom. The highest BCUT2D eigenvalue weighted by Gasteiger charge is 2.37. The lowest BCUT2D eigenvalue weighted by Crippen LogP contribution is -2.41. The summed E-state index contributed by atoms with van der Waals surface area (Å²) in [5.74, 6) is -0.122. The van der Waals surface area contributed by atoms with Crippen molar-refractivity contribution < 1.29 is 19.1 Å². The van der Waals surface area contributed by atoms with Crippen molar-refractivity contribution in [3.63, 3.8) is 0 Å². The van der Waals surface area contributed by atoms with E-state index in [2.05, 4.69) is 0 Å². The highest BCUT2D eigenvalue weighted by molar-refractivity contribution is 7.07. The molecule has 8 nitrogen and oxygen atoms in total. The number of rotatable bonds is 7. The number of thiazole rings is 1. The Hall–Kier alpha value is -3.98. The molecule has 196 valence electrons. The predicted molar refractivity (Wildman–Crippen MR) is 146 cm³/mol. The van der Waals surface area contributed by atoms with E-state index in [1.165, 1.54) is 15.9 Å². The third-order valence-corrected chi connectivity index (χ3v) is 7.80. The topological polar surface area (TPSA) is 90.2 Å². The van der Waals surface area contributed by atoms with Crippen molar-refractivity contribution in [2.75, 3.05) is 25.2 Å². The van der Waals surface area contributed by atoms with Gasteiger partial charge in [-0.05, 0) is 44.0 Å². The number of anilines is 1. The second-order valence-electron chi connectivity index (χ2n) is 8.95. The molecule has 2 aliphatic rings. The summed E-state index contributed by atoms with van der Waals surface area (Å²) in [7, 11) is 1.57. The molecule has 1 aromatic heterocycles. The minimum atomic E-state index is -0.773. The molecule has 0 saturated carbocycles. The molecule has 0 N–H and O–H groups in total. The molecule has 0 fully saturated rings. The van der Waals surface area contributed by atoms with Crippen LogP contribution in [0.3, 0.4) is 0 Å². The quantitative estimate of drug-likeness (QED) is 0.437. The van der Waals surface area contributed by atoms with Gasteiger partial charge in [0.25, 0.3) is 11.5 Å². The SMILES string of the molecule is CCCC1=C(C(=O)OCC)[C@@H](c2cccc(OC)c2)n2c(s/c(=C3/C(=O)N(CC)c4ccccc43)c2=O)=N1. The van der Waals surface area contributed by atoms with Crippen LogP contribution in [0.25, 0.3) is 5.57 Å². The van der Waals surface area contributed by atoms with Gasteiger partial charge in [0.15, 0.2) is 4.80 Å². The van der Waals surface area contributed by atoms with Crippen LogP contribution < -0.4 is 24.5 Å². The fraction of sp³-hybridized carbons (Fsp3) is 0.310. The number of allylic oxidation sites excluding steroid dienone is 1. The molecule has 0 saturated heterocycles. The number of amides is 1. The number of likely N-dealkylation sites (N-methyl/N-ethyl adjacent to an activating group) is 1. The summed E-state index contributed by atoms with van der Waals surface area (Å²) in [6.45, 7) is 6.34. The molecule has 3 heterocycles. The third-order valence-electron chi connectivity index (χ3n) is 6.74. The summed E-state index contributed by atoms with van der Waals surface area (Å²) in [5, 5.41) is 0. The van der Waals surface area contributed by atoms with Crippen LogP contribution in [-0.2, 0) is 14.3 Å². The summed E-state index contributed by atoms with van der Waals surface area (Å²) >= 11 is 1.19. The first-order valence-electron chi connectivity index (χ1n) is 12.7. The fourth-order valence-electron chi connectivity index (χ4n) is 5.11. The third kappa shape index (κ3) is 4.07. The van der Waals surface area contributed by atoms with E-state index in [4.69, 9.17) is 14.5 Å². The van der Waals surface area contributed by atoms with Crippen LogP contribution in [0, 0.1) is 0 Å². The lowest BCUT2D eigenvalue weighted by molar-refractivity contribution is -0.139. The van der Waals surface area contributed by atoms with Crippen molar-refractivity contribution in [3.8, 4) is 5.75 Å². The van der Waals surface area contributed by atoms with E-state index in [0.717, 1.165) is 17.7 Å². The lowest BCUT2D eigenvalue weighted by atomic mass is 9.94. The average Bonchev–Trinajstić information content (AvgIpc) is 3.40. The van der Waals surface area contributed by atoms with Crippen LogP contribution in [0.2, 0.25) is 0 Å². The normalized spacial score (nSPS) is 17.7. The smallest absolute Gasteiger partial charge is 0.338 e. The van der Waals surface area contributed by atoms with Gasteiger partial charge in [0, 0.05) is 12.1 Å². The number of hydrogen-bond donors (Lipinski definition) is 0.